The Morgan fingerprint density at radius 3 is 2.95 bits per heavy atom. The summed E-state index contributed by atoms with van der Waals surface area (Å²) in [5.74, 6) is -0.148. The molecule has 0 spiro atoms. The Hall–Kier alpha value is -2.36. The van der Waals surface area contributed by atoms with Gasteiger partial charge in [-0.2, -0.15) is 5.10 Å². The molecule has 0 saturated carbocycles. The van der Waals surface area contributed by atoms with Crippen LogP contribution < -0.4 is 5.32 Å². The summed E-state index contributed by atoms with van der Waals surface area (Å²) >= 11 is 0. The van der Waals surface area contributed by atoms with E-state index in [-0.39, 0.29) is 11.9 Å². The molecule has 3 nitrogen and oxygen atoms in total. The lowest BCUT2D eigenvalue weighted by Crippen LogP contribution is -2.18. The smallest absolute Gasteiger partial charge is 0.126 e. The van der Waals surface area contributed by atoms with Gasteiger partial charge >= 0.3 is 0 Å². The number of aromatic amines is 1. The Labute approximate surface area is 116 Å². The molecular formula is C16H16FN3. The van der Waals surface area contributed by atoms with Gasteiger partial charge in [-0.05, 0) is 43.2 Å². The second-order valence-electron chi connectivity index (χ2n) is 5.01. The monoisotopic (exact) mass is 269 g/mol. The fraction of sp³-hybridized carbons (Fsp3) is 0.188. The highest BCUT2D eigenvalue weighted by Crippen LogP contribution is 2.18. The number of aromatic nitrogens is 2. The lowest BCUT2D eigenvalue weighted by molar-refractivity contribution is 0.601. The molecule has 4 heteroatoms. The van der Waals surface area contributed by atoms with Gasteiger partial charge in [-0.15, -0.1) is 0 Å². The maximum atomic E-state index is 13.6. The van der Waals surface area contributed by atoms with Crippen molar-refractivity contribution >= 4 is 16.6 Å². The van der Waals surface area contributed by atoms with E-state index in [4.69, 9.17) is 0 Å². The molecule has 0 aliphatic heterocycles. The standard InChI is InChI=1S/C16H16FN3/c1-11(8-12-4-2-3-5-15(12)17)19-14-7-6-13-10-18-20-16(13)9-14/h2-7,9-11,19H,8H2,1H3,(H,18,20). The van der Waals surface area contributed by atoms with Crippen molar-refractivity contribution in [2.45, 2.75) is 19.4 Å². The first-order valence-electron chi connectivity index (χ1n) is 6.65. The molecule has 0 bridgehead atoms. The molecule has 0 aliphatic rings. The highest BCUT2D eigenvalue weighted by atomic mass is 19.1. The van der Waals surface area contributed by atoms with Crippen molar-refractivity contribution in [3.05, 3.63) is 60.0 Å². The molecule has 1 atom stereocenters. The lowest BCUT2D eigenvalue weighted by Gasteiger charge is -2.15. The summed E-state index contributed by atoms with van der Waals surface area (Å²) in [6, 6.07) is 13.1. The molecule has 2 aromatic carbocycles. The first-order valence-corrected chi connectivity index (χ1v) is 6.65. The van der Waals surface area contributed by atoms with E-state index in [1.807, 2.05) is 37.3 Å². The van der Waals surface area contributed by atoms with E-state index < -0.39 is 0 Å². The van der Waals surface area contributed by atoms with Crippen LogP contribution in [-0.2, 0) is 6.42 Å². The number of fused-ring (bicyclic) bond motifs is 1. The Kier molecular flexibility index (Phi) is 3.37. The van der Waals surface area contributed by atoms with Crippen molar-refractivity contribution in [3.63, 3.8) is 0 Å². The van der Waals surface area contributed by atoms with Gasteiger partial charge in [0.15, 0.2) is 0 Å². The Balaban J connectivity index is 1.72. The molecule has 0 fully saturated rings. The van der Waals surface area contributed by atoms with Crippen molar-refractivity contribution in [3.8, 4) is 0 Å². The molecule has 0 aliphatic carbocycles. The van der Waals surface area contributed by atoms with Gasteiger partial charge in [0.05, 0.1) is 11.7 Å². The molecule has 102 valence electrons. The fourth-order valence-corrected chi connectivity index (χ4v) is 2.36. The minimum Gasteiger partial charge on any atom is -0.382 e. The molecule has 1 unspecified atom stereocenters. The maximum Gasteiger partial charge on any atom is 0.126 e. The van der Waals surface area contributed by atoms with Crippen molar-refractivity contribution in [2.24, 2.45) is 0 Å². The number of H-pyrrole nitrogens is 1. The third-order valence-electron chi connectivity index (χ3n) is 3.34. The first kappa shape index (κ1) is 12.7. The van der Waals surface area contributed by atoms with Gasteiger partial charge in [0.25, 0.3) is 0 Å². The molecule has 3 rings (SSSR count). The first-order chi connectivity index (χ1) is 9.72. The predicted octanol–water partition coefficient (Wildman–Crippen LogP) is 3.75. The molecule has 3 aromatic rings. The van der Waals surface area contributed by atoms with E-state index in [9.17, 15) is 4.39 Å². The lowest BCUT2D eigenvalue weighted by atomic mass is 10.1. The number of nitrogens with zero attached hydrogens (tertiary/aromatic N) is 1. The van der Waals surface area contributed by atoms with Crippen molar-refractivity contribution in [2.75, 3.05) is 5.32 Å². The summed E-state index contributed by atoms with van der Waals surface area (Å²) in [5.41, 5.74) is 2.73. The topological polar surface area (TPSA) is 40.7 Å². The van der Waals surface area contributed by atoms with Crippen LogP contribution in [0.4, 0.5) is 10.1 Å². The quantitative estimate of drug-likeness (QED) is 0.757. The van der Waals surface area contributed by atoms with Gasteiger partial charge in [0.2, 0.25) is 0 Å². The number of benzene rings is 2. The minimum atomic E-state index is -0.148. The number of anilines is 1. The fourth-order valence-electron chi connectivity index (χ4n) is 2.36. The zero-order chi connectivity index (χ0) is 13.9. The van der Waals surface area contributed by atoms with Gasteiger partial charge in [-0.1, -0.05) is 18.2 Å². The zero-order valence-corrected chi connectivity index (χ0v) is 11.2. The van der Waals surface area contributed by atoms with Crippen LogP contribution in [-0.4, -0.2) is 16.2 Å². The van der Waals surface area contributed by atoms with Gasteiger partial charge in [-0.25, -0.2) is 4.39 Å². The summed E-state index contributed by atoms with van der Waals surface area (Å²) in [4.78, 5) is 0. The molecule has 20 heavy (non-hydrogen) atoms. The highest BCUT2D eigenvalue weighted by molar-refractivity contribution is 5.81. The summed E-state index contributed by atoms with van der Waals surface area (Å²) in [6.45, 7) is 2.05. The van der Waals surface area contributed by atoms with E-state index in [1.54, 1.807) is 12.3 Å². The summed E-state index contributed by atoms with van der Waals surface area (Å²) < 4.78 is 13.6. The van der Waals surface area contributed by atoms with E-state index in [2.05, 4.69) is 15.5 Å². The number of nitrogens with one attached hydrogen (secondary N) is 2. The van der Waals surface area contributed by atoms with Crippen molar-refractivity contribution in [1.82, 2.24) is 10.2 Å². The number of hydrogen-bond donors (Lipinski definition) is 2. The SMILES string of the molecule is CC(Cc1ccccc1F)Nc1ccc2cn[nH]c2c1. The van der Waals surface area contributed by atoms with Crippen molar-refractivity contribution < 1.29 is 4.39 Å². The van der Waals surface area contributed by atoms with Gasteiger partial charge < -0.3 is 5.32 Å². The summed E-state index contributed by atoms with van der Waals surface area (Å²) in [7, 11) is 0. The minimum absolute atomic E-state index is 0.146. The van der Waals surface area contributed by atoms with Crippen LogP contribution in [0.15, 0.2) is 48.7 Å². The summed E-state index contributed by atoms with van der Waals surface area (Å²) in [5, 5.41) is 11.4. The number of halogens is 1. The second kappa shape index (κ2) is 5.33. The number of rotatable bonds is 4. The van der Waals surface area contributed by atoms with E-state index >= 15 is 0 Å². The van der Waals surface area contributed by atoms with Gasteiger partial charge in [0, 0.05) is 17.1 Å². The van der Waals surface area contributed by atoms with Gasteiger partial charge in [-0.3, -0.25) is 5.10 Å². The molecule has 0 saturated heterocycles. The largest absolute Gasteiger partial charge is 0.382 e. The average Bonchev–Trinajstić information content (AvgIpc) is 2.89. The predicted molar refractivity (Wildman–Crippen MR) is 79.3 cm³/mol. The van der Waals surface area contributed by atoms with Crippen LogP contribution in [0.25, 0.3) is 10.9 Å². The van der Waals surface area contributed by atoms with Crippen LogP contribution >= 0.6 is 0 Å². The molecular weight excluding hydrogens is 253 g/mol. The molecule has 0 radical (unpaired) electrons. The maximum absolute atomic E-state index is 13.6. The second-order valence-corrected chi connectivity index (χ2v) is 5.01. The zero-order valence-electron chi connectivity index (χ0n) is 11.2. The van der Waals surface area contributed by atoms with Crippen LogP contribution in [0.2, 0.25) is 0 Å². The van der Waals surface area contributed by atoms with Gasteiger partial charge in [0.1, 0.15) is 5.82 Å². The number of hydrogen-bond acceptors (Lipinski definition) is 2. The molecule has 1 heterocycles. The Bertz CT molecular complexity index is 720. The third kappa shape index (κ3) is 2.64. The Morgan fingerprint density at radius 1 is 1.25 bits per heavy atom. The highest BCUT2D eigenvalue weighted by Gasteiger charge is 2.08. The van der Waals surface area contributed by atoms with Crippen molar-refractivity contribution in [1.29, 1.82) is 0 Å². The van der Waals surface area contributed by atoms with E-state index in [0.29, 0.717) is 6.42 Å². The third-order valence-corrected chi connectivity index (χ3v) is 3.34. The van der Waals surface area contributed by atoms with Crippen LogP contribution in [0.5, 0.6) is 0 Å². The van der Waals surface area contributed by atoms with Crippen LogP contribution in [0.3, 0.4) is 0 Å². The molecule has 2 N–H and O–H groups in total. The van der Waals surface area contributed by atoms with Crippen LogP contribution in [0, 0.1) is 5.82 Å². The average molecular weight is 269 g/mol. The summed E-state index contributed by atoms with van der Waals surface area (Å²) in [6.07, 6.45) is 2.44. The van der Waals surface area contributed by atoms with E-state index in [1.165, 1.54) is 6.07 Å². The Morgan fingerprint density at radius 2 is 2.10 bits per heavy atom. The normalized spacial score (nSPS) is 12.5. The molecule has 1 aromatic heterocycles. The van der Waals surface area contributed by atoms with Crippen LogP contribution in [0.1, 0.15) is 12.5 Å². The van der Waals surface area contributed by atoms with E-state index in [0.717, 1.165) is 22.2 Å². The molecule has 0 amide bonds.